The van der Waals surface area contributed by atoms with Crippen molar-refractivity contribution in [3.05, 3.63) is 58.3 Å². The molecule has 0 spiro atoms. The van der Waals surface area contributed by atoms with E-state index in [0.717, 1.165) is 11.1 Å². The van der Waals surface area contributed by atoms with E-state index < -0.39 is 12.1 Å². The lowest BCUT2D eigenvalue weighted by atomic mass is 10.1. The fourth-order valence-corrected chi connectivity index (χ4v) is 2.41. The van der Waals surface area contributed by atoms with Crippen molar-refractivity contribution in [1.29, 1.82) is 0 Å². The molecule has 1 heterocycles. The van der Waals surface area contributed by atoms with E-state index in [4.69, 9.17) is 5.73 Å². The summed E-state index contributed by atoms with van der Waals surface area (Å²) in [5.74, 6) is -0.291. The van der Waals surface area contributed by atoms with Gasteiger partial charge >= 0.3 is 0 Å². The van der Waals surface area contributed by atoms with Crippen molar-refractivity contribution < 1.29 is 9.90 Å². The Morgan fingerprint density at radius 2 is 2.00 bits per heavy atom. The fourth-order valence-electron chi connectivity index (χ4n) is 1.70. The van der Waals surface area contributed by atoms with Gasteiger partial charge in [0.15, 0.2) is 0 Å². The van der Waals surface area contributed by atoms with E-state index in [0.29, 0.717) is 0 Å². The average Bonchev–Trinajstić information content (AvgIpc) is 2.98. The zero-order valence-corrected chi connectivity index (χ0v) is 11.1. The summed E-state index contributed by atoms with van der Waals surface area (Å²) in [6, 6.07) is 10.3. The van der Waals surface area contributed by atoms with Crippen LogP contribution in [0.5, 0.6) is 0 Å². The summed E-state index contributed by atoms with van der Waals surface area (Å²) in [5.41, 5.74) is 7.41. The molecule has 2 aromatic rings. The number of benzene rings is 1. The van der Waals surface area contributed by atoms with Crippen LogP contribution in [0.1, 0.15) is 23.3 Å². The molecule has 1 aromatic heterocycles. The predicted molar refractivity (Wildman–Crippen MR) is 75.7 cm³/mol. The van der Waals surface area contributed by atoms with Gasteiger partial charge in [0.1, 0.15) is 6.04 Å². The van der Waals surface area contributed by atoms with Crippen molar-refractivity contribution in [1.82, 2.24) is 5.32 Å². The van der Waals surface area contributed by atoms with Crippen LogP contribution in [0.2, 0.25) is 0 Å². The largest absolute Gasteiger partial charge is 0.387 e. The van der Waals surface area contributed by atoms with Gasteiger partial charge in [-0.15, -0.1) is 0 Å². The summed E-state index contributed by atoms with van der Waals surface area (Å²) < 4.78 is 0. The van der Waals surface area contributed by atoms with Crippen molar-refractivity contribution in [3.63, 3.8) is 0 Å². The first-order chi connectivity index (χ1) is 9.18. The molecule has 1 aromatic carbocycles. The molecule has 2 rings (SSSR count). The van der Waals surface area contributed by atoms with Crippen molar-refractivity contribution in [3.8, 4) is 0 Å². The Kier molecular flexibility index (Phi) is 4.68. The molecule has 0 bridgehead atoms. The van der Waals surface area contributed by atoms with Crippen LogP contribution in [0.15, 0.2) is 47.2 Å². The van der Waals surface area contributed by atoms with Crippen molar-refractivity contribution >= 4 is 17.2 Å². The molecular weight excluding hydrogens is 260 g/mol. The van der Waals surface area contributed by atoms with E-state index in [9.17, 15) is 9.90 Å². The molecule has 100 valence electrons. The summed E-state index contributed by atoms with van der Waals surface area (Å²) in [7, 11) is 0. The van der Waals surface area contributed by atoms with Crippen LogP contribution in [-0.4, -0.2) is 17.6 Å². The molecule has 2 atom stereocenters. The Bertz CT molecular complexity index is 514. The van der Waals surface area contributed by atoms with Crippen LogP contribution in [0.3, 0.4) is 0 Å². The topological polar surface area (TPSA) is 75.4 Å². The minimum atomic E-state index is -0.712. The number of carbonyl (C=O) groups excluding carboxylic acids is 1. The van der Waals surface area contributed by atoms with Gasteiger partial charge in [-0.2, -0.15) is 11.3 Å². The molecule has 0 aliphatic carbocycles. The maximum absolute atomic E-state index is 11.9. The predicted octanol–water partition coefficient (Wildman–Crippen LogP) is 1.60. The maximum Gasteiger partial charge on any atom is 0.241 e. The second-order valence-electron chi connectivity index (χ2n) is 4.21. The van der Waals surface area contributed by atoms with Crippen LogP contribution >= 0.6 is 11.3 Å². The first-order valence-electron chi connectivity index (χ1n) is 5.97. The third-order valence-corrected chi connectivity index (χ3v) is 3.54. The fraction of sp³-hybridized carbons (Fsp3) is 0.214. The number of hydrogen-bond donors (Lipinski definition) is 3. The number of amides is 1. The summed E-state index contributed by atoms with van der Waals surface area (Å²) in [4.78, 5) is 11.9. The molecule has 0 saturated heterocycles. The number of nitrogens with one attached hydrogen (secondary N) is 1. The SMILES string of the molecule is N[C@H](C(=O)NCC(O)c1ccsc1)c1ccccc1. The number of carbonyl (C=O) groups is 1. The monoisotopic (exact) mass is 276 g/mol. The molecule has 0 fully saturated rings. The lowest BCUT2D eigenvalue weighted by molar-refractivity contribution is -0.122. The van der Waals surface area contributed by atoms with E-state index in [1.165, 1.54) is 11.3 Å². The van der Waals surface area contributed by atoms with Gasteiger partial charge in [0, 0.05) is 6.54 Å². The number of aliphatic hydroxyl groups excluding tert-OH is 1. The number of rotatable bonds is 5. The summed E-state index contributed by atoms with van der Waals surface area (Å²) in [5, 5.41) is 16.3. The smallest absolute Gasteiger partial charge is 0.241 e. The Morgan fingerprint density at radius 1 is 1.26 bits per heavy atom. The quantitative estimate of drug-likeness (QED) is 0.776. The first-order valence-corrected chi connectivity index (χ1v) is 6.91. The zero-order valence-electron chi connectivity index (χ0n) is 10.3. The van der Waals surface area contributed by atoms with Gasteiger partial charge in [-0.1, -0.05) is 30.3 Å². The average molecular weight is 276 g/mol. The molecule has 4 nitrogen and oxygen atoms in total. The molecule has 0 saturated carbocycles. The molecular formula is C14H16N2O2S. The maximum atomic E-state index is 11.9. The second kappa shape index (κ2) is 6.47. The molecule has 0 aliphatic rings. The molecule has 4 N–H and O–H groups in total. The van der Waals surface area contributed by atoms with E-state index in [2.05, 4.69) is 5.32 Å². The van der Waals surface area contributed by atoms with Crippen LogP contribution in [0, 0.1) is 0 Å². The third kappa shape index (κ3) is 3.64. The normalized spacial score (nSPS) is 13.8. The zero-order chi connectivity index (χ0) is 13.7. The van der Waals surface area contributed by atoms with Gasteiger partial charge in [0.2, 0.25) is 5.91 Å². The van der Waals surface area contributed by atoms with Crippen LogP contribution in [0.4, 0.5) is 0 Å². The highest BCUT2D eigenvalue weighted by Gasteiger charge is 2.16. The lowest BCUT2D eigenvalue weighted by Crippen LogP contribution is -2.36. The first kappa shape index (κ1) is 13.7. The number of aliphatic hydroxyl groups is 1. The Morgan fingerprint density at radius 3 is 2.63 bits per heavy atom. The van der Waals surface area contributed by atoms with Crippen LogP contribution < -0.4 is 11.1 Å². The number of thiophene rings is 1. The molecule has 0 radical (unpaired) electrons. The third-order valence-electron chi connectivity index (χ3n) is 2.84. The minimum absolute atomic E-state index is 0.163. The van der Waals surface area contributed by atoms with Crippen LogP contribution in [0.25, 0.3) is 0 Å². The van der Waals surface area contributed by atoms with E-state index in [1.807, 2.05) is 35.0 Å². The highest BCUT2D eigenvalue weighted by Crippen LogP contribution is 2.15. The van der Waals surface area contributed by atoms with Gasteiger partial charge in [-0.3, -0.25) is 4.79 Å². The standard InChI is InChI=1S/C14H16N2O2S/c15-13(10-4-2-1-3-5-10)14(18)16-8-12(17)11-6-7-19-9-11/h1-7,9,12-13,17H,8,15H2,(H,16,18)/t12?,13-/m0/s1. The summed E-state index contributed by atoms with van der Waals surface area (Å²) in [6.07, 6.45) is -0.696. The highest BCUT2D eigenvalue weighted by atomic mass is 32.1. The Balaban J connectivity index is 1.88. The molecule has 0 aliphatic heterocycles. The summed E-state index contributed by atoms with van der Waals surface area (Å²) >= 11 is 1.51. The van der Waals surface area contributed by atoms with Gasteiger partial charge in [0.05, 0.1) is 6.10 Å². The van der Waals surface area contributed by atoms with Gasteiger partial charge in [-0.25, -0.2) is 0 Å². The molecule has 5 heteroatoms. The Hall–Kier alpha value is -1.69. The Labute approximate surface area is 115 Å². The second-order valence-corrected chi connectivity index (χ2v) is 4.99. The number of hydrogen-bond acceptors (Lipinski definition) is 4. The number of nitrogens with two attached hydrogens (primary N) is 1. The van der Waals surface area contributed by atoms with Crippen molar-refractivity contribution in [2.75, 3.05) is 6.54 Å². The van der Waals surface area contributed by atoms with Gasteiger partial charge in [-0.05, 0) is 28.0 Å². The van der Waals surface area contributed by atoms with Crippen molar-refractivity contribution in [2.45, 2.75) is 12.1 Å². The highest BCUT2D eigenvalue weighted by molar-refractivity contribution is 7.07. The van der Waals surface area contributed by atoms with Gasteiger partial charge in [0.25, 0.3) is 0 Å². The van der Waals surface area contributed by atoms with Crippen molar-refractivity contribution in [2.24, 2.45) is 5.73 Å². The summed E-state index contributed by atoms with van der Waals surface area (Å²) in [6.45, 7) is 0.163. The van der Waals surface area contributed by atoms with Gasteiger partial charge < -0.3 is 16.2 Å². The van der Waals surface area contributed by atoms with E-state index in [1.54, 1.807) is 12.1 Å². The van der Waals surface area contributed by atoms with E-state index >= 15 is 0 Å². The molecule has 19 heavy (non-hydrogen) atoms. The minimum Gasteiger partial charge on any atom is -0.387 e. The molecule has 1 amide bonds. The lowest BCUT2D eigenvalue weighted by Gasteiger charge is -2.15. The molecule has 1 unspecified atom stereocenters. The van der Waals surface area contributed by atoms with Crippen LogP contribution in [-0.2, 0) is 4.79 Å². The van der Waals surface area contributed by atoms with E-state index in [-0.39, 0.29) is 12.5 Å².